The van der Waals surface area contributed by atoms with Crippen molar-refractivity contribution in [2.45, 2.75) is 39.2 Å². The van der Waals surface area contributed by atoms with Gasteiger partial charge in [0.25, 0.3) is 5.56 Å². The summed E-state index contributed by atoms with van der Waals surface area (Å²) in [5, 5.41) is 5.35. The Morgan fingerprint density at radius 3 is 3.00 bits per heavy atom. The fourth-order valence-electron chi connectivity index (χ4n) is 2.93. The van der Waals surface area contributed by atoms with Crippen LogP contribution in [0.1, 0.15) is 38.4 Å². The van der Waals surface area contributed by atoms with Crippen molar-refractivity contribution >= 4 is 21.6 Å². The summed E-state index contributed by atoms with van der Waals surface area (Å²) in [6, 6.07) is 1.90. The Balaban J connectivity index is 1.56. The maximum atomic E-state index is 11.8. The van der Waals surface area contributed by atoms with E-state index in [2.05, 4.69) is 22.2 Å². The van der Waals surface area contributed by atoms with Crippen molar-refractivity contribution in [1.82, 2.24) is 15.3 Å². The molecule has 0 spiro atoms. The number of nitrogens with zero attached hydrogens (tertiary/aromatic N) is 1. The zero-order valence-corrected chi connectivity index (χ0v) is 12.6. The Hall–Kier alpha value is -1.20. The van der Waals surface area contributed by atoms with Gasteiger partial charge in [0.15, 0.2) is 0 Å². The Morgan fingerprint density at radius 2 is 2.20 bits per heavy atom. The molecule has 1 fully saturated rings. The molecular formula is C15H21N3OS. The zero-order chi connectivity index (χ0) is 13.9. The van der Waals surface area contributed by atoms with Gasteiger partial charge in [-0.1, -0.05) is 19.8 Å². The fraction of sp³-hybridized carbons (Fsp3) is 0.600. The first-order chi connectivity index (χ1) is 9.72. The van der Waals surface area contributed by atoms with Crippen LogP contribution in [0.2, 0.25) is 0 Å². The lowest BCUT2D eigenvalue weighted by Crippen LogP contribution is -2.27. The number of nitrogens with one attached hydrogen (secondary N) is 2. The molecule has 20 heavy (non-hydrogen) atoms. The topological polar surface area (TPSA) is 57.8 Å². The molecule has 1 aliphatic rings. The highest BCUT2D eigenvalue weighted by molar-refractivity contribution is 7.17. The molecule has 0 aliphatic heterocycles. The first kappa shape index (κ1) is 13.8. The largest absolute Gasteiger partial charge is 0.310 e. The van der Waals surface area contributed by atoms with E-state index >= 15 is 0 Å². The minimum atomic E-state index is -0.0201. The maximum absolute atomic E-state index is 11.8. The molecule has 0 amide bonds. The van der Waals surface area contributed by atoms with E-state index in [1.807, 2.05) is 11.4 Å². The van der Waals surface area contributed by atoms with Crippen LogP contribution in [0.25, 0.3) is 10.2 Å². The van der Waals surface area contributed by atoms with Gasteiger partial charge < -0.3 is 10.3 Å². The van der Waals surface area contributed by atoms with E-state index in [4.69, 9.17) is 0 Å². The van der Waals surface area contributed by atoms with Crippen molar-refractivity contribution in [3.05, 3.63) is 27.6 Å². The summed E-state index contributed by atoms with van der Waals surface area (Å²) in [4.78, 5) is 19.2. The predicted octanol–water partition coefficient (Wildman–Crippen LogP) is 2.90. The van der Waals surface area contributed by atoms with Gasteiger partial charge in [-0.15, -0.1) is 11.3 Å². The molecule has 0 unspecified atom stereocenters. The molecule has 2 N–H and O–H groups in total. The zero-order valence-electron chi connectivity index (χ0n) is 11.8. The lowest BCUT2D eigenvalue weighted by Gasteiger charge is -2.26. The molecule has 2 aromatic rings. The summed E-state index contributed by atoms with van der Waals surface area (Å²) < 4.78 is 0.718. The van der Waals surface area contributed by atoms with Gasteiger partial charge in [-0.25, -0.2) is 4.98 Å². The Bertz CT molecular complexity index is 625. The average Bonchev–Trinajstić information content (AvgIpc) is 2.90. The standard InChI is InChI=1S/C15H21N3OS/c1-10-2-4-11(5-3-10)8-16-9-13-17-12-6-7-20-14(12)15(19)18-13/h6-7,10-11,16H,2-5,8-9H2,1H3,(H,17,18,19). The number of hydrogen-bond acceptors (Lipinski definition) is 4. The molecular weight excluding hydrogens is 270 g/mol. The number of aromatic nitrogens is 2. The van der Waals surface area contributed by atoms with Crippen molar-refractivity contribution in [1.29, 1.82) is 0 Å². The van der Waals surface area contributed by atoms with Gasteiger partial charge in [0.1, 0.15) is 10.5 Å². The molecule has 1 saturated carbocycles. The minimum Gasteiger partial charge on any atom is -0.310 e. The predicted molar refractivity (Wildman–Crippen MR) is 83.1 cm³/mol. The molecule has 0 saturated heterocycles. The molecule has 3 rings (SSSR count). The molecule has 0 aromatic carbocycles. The van der Waals surface area contributed by atoms with Crippen LogP contribution in [0, 0.1) is 11.8 Å². The number of fused-ring (bicyclic) bond motifs is 1. The molecule has 108 valence electrons. The lowest BCUT2D eigenvalue weighted by molar-refractivity contribution is 0.281. The lowest BCUT2D eigenvalue weighted by atomic mass is 9.83. The SMILES string of the molecule is CC1CCC(CNCc2nc3ccsc3c(=O)[nH]2)CC1. The molecule has 0 atom stereocenters. The first-order valence-electron chi connectivity index (χ1n) is 7.39. The van der Waals surface area contributed by atoms with Crippen molar-refractivity contribution in [2.24, 2.45) is 11.8 Å². The van der Waals surface area contributed by atoms with Crippen LogP contribution < -0.4 is 10.9 Å². The normalized spacial score (nSPS) is 23.2. The quantitative estimate of drug-likeness (QED) is 0.910. The van der Waals surface area contributed by atoms with Crippen molar-refractivity contribution in [3.8, 4) is 0 Å². The van der Waals surface area contributed by atoms with E-state index < -0.39 is 0 Å². The number of hydrogen-bond donors (Lipinski definition) is 2. The van der Waals surface area contributed by atoms with E-state index in [0.29, 0.717) is 6.54 Å². The molecule has 2 aromatic heterocycles. The summed E-state index contributed by atoms with van der Waals surface area (Å²) in [5.41, 5.74) is 0.787. The summed E-state index contributed by atoms with van der Waals surface area (Å²) in [6.07, 6.45) is 5.34. The van der Waals surface area contributed by atoms with Crippen molar-refractivity contribution < 1.29 is 0 Å². The monoisotopic (exact) mass is 291 g/mol. The fourth-order valence-corrected chi connectivity index (χ4v) is 3.66. The van der Waals surface area contributed by atoms with Gasteiger partial charge in [-0.3, -0.25) is 4.79 Å². The highest BCUT2D eigenvalue weighted by Crippen LogP contribution is 2.27. The summed E-state index contributed by atoms with van der Waals surface area (Å²) >= 11 is 1.44. The molecule has 2 heterocycles. The third-order valence-corrected chi connectivity index (χ3v) is 5.13. The van der Waals surface area contributed by atoms with Crippen LogP contribution in [0.4, 0.5) is 0 Å². The summed E-state index contributed by atoms with van der Waals surface area (Å²) in [5.74, 6) is 2.41. The Kier molecular flexibility index (Phi) is 4.17. The second-order valence-corrected chi connectivity index (χ2v) is 6.82. The molecule has 0 radical (unpaired) electrons. The summed E-state index contributed by atoms with van der Waals surface area (Å²) in [7, 11) is 0. The number of H-pyrrole nitrogens is 1. The van der Waals surface area contributed by atoms with E-state index in [1.165, 1.54) is 37.0 Å². The number of thiophene rings is 1. The molecule has 0 bridgehead atoms. The van der Waals surface area contributed by atoms with Gasteiger partial charge in [-0.2, -0.15) is 0 Å². The van der Waals surface area contributed by atoms with Gasteiger partial charge in [0.05, 0.1) is 12.1 Å². The van der Waals surface area contributed by atoms with Gasteiger partial charge in [0, 0.05) is 0 Å². The van der Waals surface area contributed by atoms with Crippen molar-refractivity contribution in [2.75, 3.05) is 6.54 Å². The Morgan fingerprint density at radius 1 is 1.40 bits per heavy atom. The van der Waals surface area contributed by atoms with Crippen LogP contribution in [0.5, 0.6) is 0 Å². The molecule has 5 heteroatoms. The van der Waals surface area contributed by atoms with Crippen LogP contribution in [-0.2, 0) is 6.54 Å². The van der Waals surface area contributed by atoms with E-state index in [1.54, 1.807) is 0 Å². The van der Waals surface area contributed by atoms with Crippen LogP contribution in [-0.4, -0.2) is 16.5 Å². The third kappa shape index (κ3) is 3.10. The Labute approximate surface area is 122 Å². The molecule has 4 nitrogen and oxygen atoms in total. The summed E-state index contributed by atoms with van der Waals surface area (Å²) in [6.45, 7) is 4.01. The number of aromatic amines is 1. The van der Waals surface area contributed by atoms with Crippen LogP contribution in [0.15, 0.2) is 16.2 Å². The van der Waals surface area contributed by atoms with E-state index in [0.717, 1.165) is 34.4 Å². The molecule has 1 aliphatic carbocycles. The van der Waals surface area contributed by atoms with Crippen LogP contribution >= 0.6 is 11.3 Å². The second-order valence-electron chi connectivity index (χ2n) is 5.90. The number of rotatable bonds is 4. The highest BCUT2D eigenvalue weighted by atomic mass is 32.1. The van der Waals surface area contributed by atoms with Gasteiger partial charge in [0.2, 0.25) is 0 Å². The highest BCUT2D eigenvalue weighted by Gasteiger charge is 2.17. The van der Waals surface area contributed by atoms with Gasteiger partial charge >= 0.3 is 0 Å². The van der Waals surface area contributed by atoms with Crippen LogP contribution in [0.3, 0.4) is 0 Å². The van der Waals surface area contributed by atoms with Crippen molar-refractivity contribution in [3.63, 3.8) is 0 Å². The van der Waals surface area contributed by atoms with E-state index in [-0.39, 0.29) is 5.56 Å². The maximum Gasteiger partial charge on any atom is 0.268 e. The van der Waals surface area contributed by atoms with Gasteiger partial charge in [-0.05, 0) is 42.7 Å². The average molecular weight is 291 g/mol. The second kappa shape index (κ2) is 6.06. The third-order valence-electron chi connectivity index (χ3n) is 4.22. The minimum absolute atomic E-state index is 0.0201. The smallest absolute Gasteiger partial charge is 0.268 e. The van der Waals surface area contributed by atoms with E-state index in [9.17, 15) is 4.79 Å². The first-order valence-corrected chi connectivity index (χ1v) is 8.27.